The third-order valence-electron chi connectivity index (χ3n) is 2.91. The van der Waals surface area contributed by atoms with E-state index >= 15 is 0 Å². The molecule has 0 aliphatic heterocycles. The van der Waals surface area contributed by atoms with E-state index in [1.54, 1.807) is 0 Å². The van der Waals surface area contributed by atoms with Crippen molar-refractivity contribution in [2.75, 3.05) is 4.72 Å². The van der Waals surface area contributed by atoms with Crippen LogP contribution in [0.5, 0.6) is 0 Å². The van der Waals surface area contributed by atoms with Crippen molar-refractivity contribution in [3.05, 3.63) is 58.4 Å². The van der Waals surface area contributed by atoms with Crippen molar-refractivity contribution in [3.63, 3.8) is 0 Å². The van der Waals surface area contributed by atoms with E-state index in [2.05, 4.69) is 0 Å². The zero-order valence-corrected chi connectivity index (χ0v) is 13.1. The third-order valence-corrected chi connectivity index (χ3v) is 4.62. The van der Waals surface area contributed by atoms with E-state index in [-0.39, 0.29) is 0 Å². The van der Waals surface area contributed by atoms with Crippen molar-refractivity contribution in [1.82, 2.24) is 0 Å². The molecule has 0 radical (unpaired) electrons. The van der Waals surface area contributed by atoms with Gasteiger partial charge in [0.2, 0.25) is 0 Å². The second kappa shape index (κ2) is 6.30. The molecule has 24 heavy (non-hydrogen) atoms. The Bertz CT molecular complexity index is 937. The number of rotatable bonds is 3. The molecule has 0 fully saturated rings. The molecule has 2 rings (SSSR count). The number of alkyl halides is 3. The molecule has 2 aromatic carbocycles. The lowest BCUT2D eigenvalue weighted by atomic mass is 10.2. The maximum atomic E-state index is 13.3. The normalized spacial score (nSPS) is 11.8. The predicted molar refractivity (Wildman–Crippen MR) is 78.4 cm³/mol. The van der Waals surface area contributed by atoms with Gasteiger partial charge in [-0.2, -0.15) is 18.4 Å². The second-order valence-electron chi connectivity index (χ2n) is 4.52. The molecule has 0 unspecified atom stereocenters. The number of nitrogens with zero attached hydrogens (tertiary/aromatic N) is 1. The van der Waals surface area contributed by atoms with Gasteiger partial charge in [0.05, 0.1) is 26.7 Å². The molecule has 0 spiro atoms. The fourth-order valence-electron chi connectivity index (χ4n) is 1.86. The van der Waals surface area contributed by atoms with Crippen LogP contribution in [0.25, 0.3) is 0 Å². The van der Waals surface area contributed by atoms with Crippen LogP contribution in [0.3, 0.4) is 0 Å². The minimum absolute atomic E-state index is 0.426. The highest BCUT2D eigenvalue weighted by atomic mass is 35.5. The van der Waals surface area contributed by atoms with Crippen molar-refractivity contribution >= 4 is 27.3 Å². The van der Waals surface area contributed by atoms with E-state index in [9.17, 15) is 26.0 Å². The summed E-state index contributed by atoms with van der Waals surface area (Å²) in [5.41, 5.74) is -2.23. The highest BCUT2D eigenvalue weighted by Crippen LogP contribution is 2.35. The number of hydrogen-bond acceptors (Lipinski definition) is 3. The molecule has 0 aromatic heterocycles. The van der Waals surface area contributed by atoms with Crippen LogP contribution < -0.4 is 4.72 Å². The van der Waals surface area contributed by atoms with E-state index in [1.165, 1.54) is 6.07 Å². The molecule has 0 saturated carbocycles. The Labute approximate surface area is 139 Å². The molecule has 0 aliphatic rings. The molecule has 2 aromatic rings. The Morgan fingerprint density at radius 3 is 2.38 bits per heavy atom. The first-order valence-electron chi connectivity index (χ1n) is 6.14. The lowest BCUT2D eigenvalue weighted by molar-refractivity contribution is -0.139. The Morgan fingerprint density at radius 1 is 1.17 bits per heavy atom. The summed E-state index contributed by atoms with van der Waals surface area (Å²) < 4.78 is 78.6. The molecule has 126 valence electrons. The number of sulfonamides is 1. The van der Waals surface area contributed by atoms with E-state index in [0.717, 1.165) is 24.3 Å². The molecule has 10 heteroatoms. The van der Waals surface area contributed by atoms with E-state index in [4.69, 9.17) is 16.9 Å². The average molecular weight is 379 g/mol. The van der Waals surface area contributed by atoms with E-state index in [1.807, 2.05) is 4.72 Å². The van der Waals surface area contributed by atoms with Gasteiger partial charge in [0.1, 0.15) is 11.9 Å². The minimum Gasteiger partial charge on any atom is -0.278 e. The number of nitrogens with one attached hydrogen (secondary N) is 1. The van der Waals surface area contributed by atoms with Crippen LogP contribution in [-0.4, -0.2) is 8.42 Å². The maximum absolute atomic E-state index is 13.3. The molecule has 0 aliphatic carbocycles. The van der Waals surface area contributed by atoms with Crippen molar-refractivity contribution < 1.29 is 26.0 Å². The number of anilines is 1. The van der Waals surface area contributed by atoms with Gasteiger partial charge < -0.3 is 0 Å². The number of halogens is 5. The zero-order chi connectivity index (χ0) is 18.1. The van der Waals surface area contributed by atoms with Crippen molar-refractivity contribution in [1.29, 1.82) is 5.26 Å². The molecule has 4 nitrogen and oxygen atoms in total. The van der Waals surface area contributed by atoms with Gasteiger partial charge in [-0.1, -0.05) is 23.7 Å². The molecule has 1 N–H and O–H groups in total. The minimum atomic E-state index is -4.90. The van der Waals surface area contributed by atoms with Gasteiger partial charge in [-0.05, 0) is 24.3 Å². The number of benzene rings is 2. The van der Waals surface area contributed by atoms with Crippen LogP contribution in [-0.2, 0) is 16.2 Å². The van der Waals surface area contributed by atoms with Gasteiger partial charge in [-0.3, -0.25) is 4.72 Å². The van der Waals surface area contributed by atoms with Crippen molar-refractivity contribution in [2.24, 2.45) is 0 Å². The van der Waals surface area contributed by atoms with Crippen LogP contribution in [0.1, 0.15) is 11.1 Å². The molecule has 0 saturated heterocycles. The monoisotopic (exact) mass is 378 g/mol. The summed E-state index contributed by atoms with van der Waals surface area (Å²) in [5.74, 6) is -0.966. The fourth-order valence-corrected chi connectivity index (χ4v) is 3.32. The van der Waals surface area contributed by atoms with Crippen LogP contribution in [0.15, 0.2) is 41.3 Å². The van der Waals surface area contributed by atoms with E-state index in [0.29, 0.717) is 12.1 Å². The zero-order valence-electron chi connectivity index (χ0n) is 11.5. The van der Waals surface area contributed by atoms with Crippen LogP contribution in [0, 0.1) is 17.1 Å². The largest absolute Gasteiger partial charge is 0.417 e. The third kappa shape index (κ3) is 3.60. The SMILES string of the molecule is N#Cc1cc(F)c(Cl)cc1NS(=O)(=O)c1ccccc1C(F)(F)F. The highest BCUT2D eigenvalue weighted by Gasteiger charge is 2.37. The molecular formula is C14H7ClF4N2O2S. The average Bonchev–Trinajstić information content (AvgIpc) is 2.49. The predicted octanol–water partition coefficient (Wildman–Crippen LogP) is 4.17. The topological polar surface area (TPSA) is 70.0 Å². The van der Waals surface area contributed by atoms with Gasteiger partial charge in [0.25, 0.3) is 10.0 Å². The smallest absolute Gasteiger partial charge is 0.278 e. The van der Waals surface area contributed by atoms with Gasteiger partial charge >= 0.3 is 6.18 Å². The second-order valence-corrected chi connectivity index (χ2v) is 6.58. The summed E-state index contributed by atoms with van der Waals surface area (Å²) in [5, 5.41) is 8.42. The first-order chi connectivity index (χ1) is 11.1. The van der Waals surface area contributed by atoms with Gasteiger partial charge in [0, 0.05) is 0 Å². The summed E-state index contributed by atoms with van der Waals surface area (Å²) >= 11 is 5.52. The molecular weight excluding hydrogens is 372 g/mol. The summed E-state index contributed by atoms with van der Waals surface area (Å²) in [4.78, 5) is -1.03. The van der Waals surface area contributed by atoms with E-state index < -0.39 is 48.7 Å². The molecule has 0 heterocycles. The Kier molecular flexibility index (Phi) is 4.73. The lowest BCUT2D eigenvalue weighted by Gasteiger charge is -2.15. The first kappa shape index (κ1) is 18.0. The summed E-state index contributed by atoms with van der Waals surface area (Å²) in [6.45, 7) is 0. The number of hydrogen-bond donors (Lipinski definition) is 1. The standard InChI is InChI=1S/C14H7ClF4N2O2S/c15-10-6-12(8(7-20)5-11(10)16)21-24(22,23)13-4-2-1-3-9(13)14(17,18)19/h1-6,21H. The van der Waals surface area contributed by atoms with Gasteiger partial charge in [0.15, 0.2) is 0 Å². The van der Waals surface area contributed by atoms with Crippen LogP contribution in [0.2, 0.25) is 5.02 Å². The summed E-state index contributed by atoms with van der Waals surface area (Å²) in [6, 6.07) is 6.55. The summed E-state index contributed by atoms with van der Waals surface area (Å²) in [7, 11) is -4.69. The Balaban J connectivity index is 2.56. The van der Waals surface area contributed by atoms with Crippen molar-refractivity contribution in [2.45, 2.75) is 11.1 Å². The Morgan fingerprint density at radius 2 is 1.79 bits per heavy atom. The van der Waals surface area contributed by atoms with Gasteiger partial charge in [-0.15, -0.1) is 0 Å². The quantitative estimate of drug-likeness (QED) is 0.815. The highest BCUT2D eigenvalue weighted by molar-refractivity contribution is 7.92. The first-order valence-corrected chi connectivity index (χ1v) is 8.00. The Hall–Kier alpha value is -2.31. The van der Waals surface area contributed by atoms with Gasteiger partial charge in [-0.25, -0.2) is 12.8 Å². The van der Waals surface area contributed by atoms with Crippen LogP contribution >= 0.6 is 11.6 Å². The maximum Gasteiger partial charge on any atom is 0.417 e. The molecule has 0 atom stereocenters. The molecule has 0 amide bonds. The summed E-state index contributed by atoms with van der Waals surface area (Å²) in [6.07, 6.45) is -4.90. The molecule has 0 bridgehead atoms. The fraction of sp³-hybridized carbons (Fsp3) is 0.0714. The lowest BCUT2D eigenvalue weighted by Crippen LogP contribution is -2.19. The van der Waals surface area contributed by atoms with Crippen LogP contribution in [0.4, 0.5) is 23.2 Å². The number of nitriles is 1. The van der Waals surface area contributed by atoms with Crippen molar-refractivity contribution in [3.8, 4) is 6.07 Å².